The Morgan fingerprint density at radius 1 is 0.538 bits per heavy atom. The van der Waals surface area contributed by atoms with Gasteiger partial charge in [0, 0.05) is 26.2 Å². The summed E-state index contributed by atoms with van der Waals surface area (Å²) in [7, 11) is 2.41. The fourth-order valence-corrected chi connectivity index (χ4v) is 11.6. The number of alkyl halides is 19. The molecule has 3 saturated heterocycles. The number of hydrogen-bond donors (Lipinski definition) is 5. The highest BCUT2D eigenvalue weighted by Crippen LogP contribution is 2.44. The van der Waals surface area contributed by atoms with Crippen LogP contribution in [0.25, 0.3) is 0 Å². The van der Waals surface area contributed by atoms with Gasteiger partial charge in [-0.05, 0) is 145 Å². The minimum absolute atomic E-state index is 0. The summed E-state index contributed by atoms with van der Waals surface area (Å²) < 4.78 is 322. The molecule has 0 spiro atoms. The van der Waals surface area contributed by atoms with Crippen molar-refractivity contribution in [1.82, 2.24) is 26.0 Å². The number of nitrogens with one attached hydrogen (secondary N) is 3. The molecule has 0 aromatic heterocycles. The van der Waals surface area contributed by atoms with E-state index in [9.17, 15) is 107 Å². The van der Waals surface area contributed by atoms with Crippen LogP contribution in [0.4, 0.5) is 97.0 Å². The maximum absolute atomic E-state index is 13.6. The molecule has 6 aromatic carbocycles. The SMILES string of the molecule is C.COC(=O)CN=C(N)CCl.COC(=O)N/N=C(\N)CN1CCO[C@H](O[C@@H](C)c2cc(C(F)(F)F)cc(C(F)(F)F)c2)[C@@H]1c1ccc(F)cc1.C[C@H](O[C@H]1OCCN(CC2=NNC(=O)C2)[C@H]1c1ccc(F)cc1)c1cc(C(F)(F)F)cc(C(F)(F)F)c1.C[C@H](O[C@H]1OCCN[C@H]1c1ccc(F)cc1)c1cc(C(F)(F)F)cc(C(F)(F)F)c1. The Labute approximate surface area is 659 Å². The first-order valence-corrected chi connectivity index (χ1v) is 34.8. The van der Waals surface area contributed by atoms with Crippen molar-refractivity contribution in [2.24, 2.45) is 26.7 Å². The van der Waals surface area contributed by atoms with Crippen molar-refractivity contribution in [3.05, 3.63) is 212 Å². The zero-order valence-electron chi connectivity index (χ0n) is 61.3. The summed E-state index contributed by atoms with van der Waals surface area (Å²) in [4.78, 5) is 40.4. The van der Waals surface area contributed by atoms with Gasteiger partial charge < -0.3 is 54.7 Å². The average molecular weight is 1720 g/mol. The van der Waals surface area contributed by atoms with Crippen molar-refractivity contribution in [1.29, 1.82) is 0 Å². The van der Waals surface area contributed by atoms with E-state index in [0.29, 0.717) is 71.9 Å². The molecule has 2 amide bonds. The van der Waals surface area contributed by atoms with Gasteiger partial charge in [-0.1, -0.05) is 43.8 Å². The third kappa shape index (κ3) is 29.0. The van der Waals surface area contributed by atoms with Crippen LogP contribution in [0.5, 0.6) is 0 Å². The number of methoxy groups -OCH3 is 2. The molecule has 3 fully saturated rings. The second-order valence-corrected chi connectivity index (χ2v) is 25.9. The van der Waals surface area contributed by atoms with E-state index in [1.165, 1.54) is 101 Å². The largest absolute Gasteiger partial charge is 0.468 e. The molecule has 4 heterocycles. The first-order chi connectivity index (χ1) is 54.1. The van der Waals surface area contributed by atoms with Gasteiger partial charge in [0.05, 0.1) is 128 Å². The zero-order chi connectivity index (χ0) is 86.0. The number of benzene rings is 6. The number of hydrogen-bond acceptors (Lipinski definition) is 17. The van der Waals surface area contributed by atoms with Crippen molar-refractivity contribution in [2.75, 3.05) is 79.2 Å². The van der Waals surface area contributed by atoms with Crippen LogP contribution in [0, 0.1) is 17.5 Å². The maximum atomic E-state index is 13.6. The molecule has 6 aromatic rings. The van der Waals surface area contributed by atoms with E-state index in [4.69, 9.17) is 51.5 Å². The predicted octanol–water partition coefficient (Wildman–Crippen LogP) is 16.2. The molecule has 4 aliphatic rings. The Morgan fingerprint density at radius 2 is 0.897 bits per heavy atom. The smallest absolute Gasteiger partial charge is 0.427 e. The molecule has 0 bridgehead atoms. The number of halogens is 22. The molecular formula is C74H78ClF21N10O11. The Balaban J connectivity index is 0.000000258. The van der Waals surface area contributed by atoms with Gasteiger partial charge >= 0.3 is 49.1 Å². The van der Waals surface area contributed by atoms with E-state index >= 15 is 0 Å². The molecule has 0 aliphatic carbocycles. The second-order valence-electron chi connectivity index (χ2n) is 25.6. The molecule has 117 heavy (non-hydrogen) atoms. The van der Waals surface area contributed by atoms with E-state index in [0.717, 1.165) is 7.11 Å². The average Bonchev–Trinajstić information content (AvgIpc) is 1.75. The maximum Gasteiger partial charge on any atom is 0.427 e. The molecule has 10 rings (SSSR count). The molecular weight excluding hydrogens is 1640 g/mol. The van der Waals surface area contributed by atoms with Gasteiger partial charge in [-0.15, -0.1) is 11.6 Å². The third-order valence-corrected chi connectivity index (χ3v) is 17.5. The van der Waals surface area contributed by atoms with Crippen LogP contribution in [0.15, 0.2) is 143 Å². The number of rotatable bonds is 20. The summed E-state index contributed by atoms with van der Waals surface area (Å²) in [6.07, 6.45) is -37.8. The molecule has 0 radical (unpaired) electrons. The van der Waals surface area contributed by atoms with Crippen LogP contribution in [0.2, 0.25) is 0 Å². The number of nitrogens with two attached hydrogens (primary N) is 2. The van der Waals surface area contributed by atoms with Crippen LogP contribution >= 0.6 is 11.6 Å². The van der Waals surface area contributed by atoms with Gasteiger partial charge in [0.1, 0.15) is 35.7 Å². The van der Waals surface area contributed by atoms with E-state index < -0.39 is 155 Å². The van der Waals surface area contributed by atoms with Crippen molar-refractivity contribution in [3.63, 3.8) is 0 Å². The van der Waals surface area contributed by atoms with Gasteiger partial charge in [0.2, 0.25) is 5.91 Å². The lowest BCUT2D eigenvalue weighted by molar-refractivity contribution is -0.228. The monoisotopic (exact) mass is 1720 g/mol. The molecule has 7 N–H and O–H groups in total. The Hall–Kier alpha value is -9.40. The number of aliphatic imine (C=N–C) groups is 1. The van der Waals surface area contributed by atoms with Crippen molar-refractivity contribution in [3.8, 4) is 0 Å². The van der Waals surface area contributed by atoms with E-state index in [2.05, 4.69) is 40.8 Å². The number of morpholine rings is 3. The highest BCUT2D eigenvalue weighted by atomic mass is 35.5. The van der Waals surface area contributed by atoms with E-state index in [-0.39, 0.29) is 118 Å². The second kappa shape index (κ2) is 41.8. The first-order valence-electron chi connectivity index (χ1n) is 34.2. The van der Waals surface area contributed by atoms with E-state index in [1.54, 1.807) is 4.90 Å². The molecule has 43 heteroatoms. The quantitative estimate of drug-likeness (QED) is 0.0119. The third-order valence-electron chi connectivity index (χ3n) is 17.3. The lowest BCUT2D eigenvalue weighted by atomic mass is 10.0. The number of carbonyl (C=O) groups excluding carboxylic acids is 3. The molecule has 0 unspecified atom stereocenters. The minimum Gasteiger partial charge on any atom is -0.468 e. The summed E-state index contributed by atoms with van der Waals surface area (Å²) in [5.74, 6) is -1.89. The topological polar surface area (TPSA) is 257 Å². The first kappa shape index (κ1) is 96.4. The number of hydrazone groups is 2. The molecule has 0 saturated carbocycles. The zero-order valence-corrected chi connectivity index (χ0v) is 62.1. The number of carbonyl (C=O) groups is 3. The fraction of sp³-hybridized carbons (Fsp3) is 0.432. The van der Waals surface area contributed by atoms with Crippen molar-refractivity contribution >= 4 is 47.0 Å². The number of amides is 2. The van der Waals surface area contributed by atoms with Gasteiger partial charge in [-0.25, -0.2) is 28.8 Å². The van der Waals surface area contributed by atoms with Crippen LogP contribution in [0.1, 0.15) is 138 Å². The summed E-state index contributed by atoms with van der Waals surface area (Å²) in [5.41, 5.74) is 7.93. The van der Waals surface area contributed by atoms with Gasteiger partial charge in [-0.2, -0.15) is 89.2 Å². The van der Waals surface area contributed by atoms with Crippen LogP contribution < -0.4 is 27.6 Å². The van der Waals surface area contributed by atoms with Gasteiger partial charge in [0.15, 0.2) is 18.9 Å². The normalized spacial score (nSPS) is 20.1. The highest BCUT2D eigenvalue weighted by molar-refractivity contribution is 6.28. The number of nitrogens with zero attached hydrogens (tertiary/aromatic N) is 5. The molecule has 9 atom stereocenters. The van der Waals surface area contributed by atoms with Gasteiger partial charge in [-0.3, -0.25) is 24.4 Å². The van der Waals surface area contributed by atoms with Crippen LogP contribution in [0.3, 0.4) is 0 Å². The van der Waals surface area contributed by atoms with Crippen molar-refractivity contribution in [2.45, 2.75) is 127 Å². The predicted molar refractivity (Wildman–Crippen MR) is 379 cm³/mol. The summed E-state index contributed by atoms with van der Waals surface area (Å²) >= 11 is 5.27. The Bertz CT molecular complexity index is 4250. The number of esters is 1. The standard InChI is InChI=1S/C24H25F7N4O4.C24H22F7N3O3.C20H18F7NO2.C5H9ClN2O2.CH4/c1-13(15-9-16(23(26,27)28)11-17(10-15)24(29,30)31)39-21-20(14-3-5-18(25)6-4-14)35(7-8-38-21)12-19(32)33-34-22(36)37-2;1-13(15-8-16(23(26,27)28)10-17(9-15)24(29,30)31)37-22-21(14-2-4-18(25)5-3-14)34(6-7-36-22)12-19-11-20(35)33-32-19;1-11(13-8-14(19(22,23)24)10-15(9-13)20(25,26)27)30-18-17(28-6-7-29-18)12-2-4-16(21)5-3-12;1-10-5(9)3-8-4(7)2-6;/h3-6,9-11,13,20-21H,7-8,12H2,1-2H3,(H2,32,33)(H,34,36);2-5,8-10,13,21-22H,6-7,11-12H2,1H3,(H,33,35);2-5,8-11,17-18,28H,6-7H2,1H3;2-3H2,1H3,(H2,7,8);1H4/t13-,20-,21+;13-,21-,22+;11-,17-,18+;;/m000../s1. The minimum atomic E-state index is -5.03. The Morgan fingerprint density at radius 3 is 1.25 bits per heavy atom. The van der Waals surface area contributed by atoms with Crippen LogP contribution in [-0.2, 0) is 84.5 Å². The summed E-state index contributed by atoms with van der Waals surface area (Å²) in [5, 5.41) is 10.8. The van der Waals surface area contributed by atoms with E-state index in [1.807, 2.05) is 4.90 Å². The lowest BCUT2D eigenvalue weighted by Crippen LogP contribution is -2.49. The van der Waals surface area contributed by atoms with Crippen LogP contribution in [-0.4, -0.2) is 143 Å². The van der Waals surface area contributed by atoms with Crippen molar-refractivity contribution < 1.29 is 144 Å². The summed E-state index contributed by atoms with van der Waals surface area (Å²) in [6.45, 7) is 5.47. The van der Waals surface area contributed by atoms with Gasteiger partial charge in [0.25, 0.3) is 0 Å². The lowest BCUT2D eigenvalue weighted by Gasteiger charge is -2.42. The molecule has 644 valence electrons. The molecule has 4 aliphatic heterocycles. The number of amidine groups is 2. The fourth-order valence-electron chi connectivity index (χ4n) is 11.6. The number of ether oxygens (including phenoxy) is 8. The molecule has 21 nitrogen and oxygen atoms in total. The highest BCUT2D eigenvalue weighted by Gasteiger charge is 2.44. The summed E-state index contributed by atoms with van der Waals surface area (Å²) in [6, 6.07) is 17.7. The Kier molecular flexibility index (Phi) is 34.5.